The standard InChI is InChI=1S/C33H23Br2N3O2.C19H18N2O2.C14H6Br2O2.C2H4O2.CH4.H3N/c1-33(2,3)21-10-8-20(9-11-21)32-38-37-31(40-32)19-6-4-18(5-7-19)30-36-28-26-16-22(34)12-14-24(26)25-15-13-23(35)17-27(25)29(28)39-30;1-19(2,3)16-10-8-15(9-11-16)18-21-20-17(23-18)14-6-4-13(12-22)5-7-14;15-7-1-3-9-10-4-2-8(16)6-12(10)14(18)13(17)11(9)5-7;1-2(3)4;;/h4-17H,1-3H3;4-12H,1-3H3;1-6H;1H3,(H,3,4);1H4;1H3. The lowest BCUT2D eigenvalue weighted by molar-refractivity contribution is -0.134. The second-order valence-corrected chi connectivity index (χ2v) is 25.6. The van der Waals surface area contributed by atoms with Gasteiger partial charge in [-0.3, -0.25) is 19.2 Å². The number of aromatic nitrogens is 5. The molecule has 3 aromatic heterocycles. The number of hydrogen-bond acceptors (Lipinski definition) is 13. The molecule has 13 rings (SSSR count). The molecule has 14 nitrogen and oxygen atoms in total. The number of carboxylic acids is 1. The molecule has 1 aliphatic carbocycles. The topological polar surface area (TPSA) is 227 Å². The van der Waals surface area contributed by atoms with Gasteiger partial charge in [-0.1, -0.05) is 173 Å². The largest absolute Gasteiger partial charge is 0.481 e. The first-order valence-electron chi connectivity index (χ1n) is 26.6. The number of nitrogens with zero attached hydrogens (tertiary/aromatic N) is 5. The van der Waals surface area contributed by atoms with Crippen molar-refractivity contribution in [3.63, 3.8) is 0 Å². The lowest BCUT2D eigenvalue weighted by Crippen LogP contribution is -2.21. The zero-order valence-electron chi connectivity index (χ0n) is 47.5. The number of carbonyl (C=O) groups is 4. The van der Waals surface area contributed by atoms with Crippen molar-refractivity contribution in [2.24, 2.45) is 0 Å². The van der Waals surface area contributed by atoms with Gasteiger partial charge in [0, 0.05) is 80.1 Å². The molecule has 18 heteroatoms. The molecule has 0 bridgehead atoms. The van der Waals surface area contributed by atoms with Crippen LogP contribution in [0.1, 0.15) is 98.1 Å². The number of halogens is 4. The molecule has 0 atom stereocenters. The Hall–Kier alpha value is -8.39. The molecule has 0 unspecified atom stereocenters. The van der Waals surface area contributed by atoms with Crippen molar-refractivity contribution in [1.29, 1.82) is 0 Å². The minimum absolute atomic E-state index is 0. The predicted octanol–water partition coefficient (Wildman–Crippen LogP) is 20.0. The smallest absolute Gasteiger partial charge is 0.300 e. The molecular formula is C69H58Br4N6O8. The Balaban J connectivity index is 0.000000177. The van der Waals surface area contributed by atoms with Crippen molar-refractivity contribution in [2.45, 2.75) is 66.7 Å². The molecule has 0 spiro atoms. The summed E-state index contributed by atoms with van der Waals surface area (Å²) in [5.41, 5.74) is 11.7. The average molecular weight is 1420 g/mol. The number of carboxylic acid groups (broad SMARTS) is 1. The van der Waals surface area contributed by atoms with Gasteiger partial charge in [-0.25, -0.2) is 4.98 Å². The van der Waals surface area contributed by atoms with Gasteiger partial charge in [-0.05, 0) is 153 Å². The van der Waals surface area contributed by atoms with Crippen LogP contribution in [0, 0.1) is 0 Å². The molecule has 0 saturated carbocycles. The molecule has 0 aliphatic heterocycles. The summed E-state index contributed by atoms with van der Waals surface area (Å²) < 4.78 is 21.8. The van der Waals surface area contributed by atoms with Gasteiger partial charge < -0.3 is 24.5 Å². The Labute approximate surface area is 536 Å². The fraction of sp³-hybridized carbons (Fsp3) is 0.145. The molecule has 0 radical (unpaired) electrons. The summed E-state index contributed by atoms with van der Waals surface area (Å²) in [4.78, 5) is 48.8. The number of rotatable bonds is 6. The summed E-state index contributed by atoms with van der Waals surface area (Å²) in [6.45, 7) is 14.2. The van der Waals surface area contributed by atoms with Crippen LogP contribution in [0.4, 0.5) is 0 Å². The van der Waals surface area contributed by atoms with Gasteiger partial charge in [0.1, 0.15) is 11.8 Å². The highest BCUT2D eigenvalue weighted by Gasteiger charge is 2.31. The zero-order chi connectivity index (χ0) is 60.5. The van der Waals surface area contributed by atoms with Crippen molar-refractivity contribution in [3.8, 4) is 68.4 Å². The van der Waals surface area contributed by atoms with E-state index in [0.29, 0.717) is 46.1 Å². The molecule has 1 aliphatic rings. The van der Waals surface area contributed by atoms with Crippen molar-refractivity contribution >= 4 is 120 Å². The summed E-state index contributed by atoms with van der Waals surface area (Å²) in [5.74, 6) is 0.715. The Morgan fingerprint density at radius 1 is 0.437 bits per heavy atom. The van der Waals surface area contributed by atoms with Crippen molar-refractivity contribution in [3.05, 3.63) is 216 Å². The minimum Gasteiger partial charge on any atom is -0.481 e. The number of ketones is 2. The fourth-order valence-electron chi connectivity index (χ4n) is 9.42. The summed E-state index contributed by atoms with van der Waals surface area (Å²) >= 11 is 13.9. The Kier molecular flexibility index (Phi) is 19.8. The number of oxazole rings is 1. The molecule has 0 fully saturated rings. The van der Waals surface area contributed by atoms with E-state index in [9.17, 15) is 14.4 Å². The third-order valence-corrected chi connectivity index (χ3v) is 15.8. The summed E-state index contributed by atoms with van der Waals surface area (Å²) in [6, 6.07) is 54.7. The maximum absolute atomic E-state index is 12.1. The van der Waals surface area contributed by atoms with E-state index in [0.717, 1.165) is 103 Å². The maximum Gasteiger partial charge on any atom is 0.300 e. The Morgan fingerprint density at radius 3 is 1.14 bits per heavy atom. The van der Waals surface area contributed by atoms with Crippen LogP contribution >= 0.6 is 63.7 Å². The van der Waals surface area contributed by atoms with Gasteiger partial charge in [0.25, 0.3) is 5.97 Å². The molecule has 3 heterocycles. The van der Waals surface area contributed by atoms with Crippen LogP contribution in [0.25, 0.3) is 101 Å². The highest BCUT2D eigenvalue weighted by atomic mass is 79.9. The summed E-state index contributed by atoms with van der Waals surface area (Å²) in [5, 5.41) is 28.5. The zero-order valence-corrected chi connectivity index (χ0v) is 53.8. The van der Waals surface area contributed by atoms with Crippen LogP contribution in [-0.2, 0) is 15.6 Å². The summed E-state index contributed by atoms with van der Waals surface area (Å²) in [6.07, 6.45) is 0.805. The van der Waals surface area contributed by atoms with Crippen molar-refractivity contribution in [1.82, 2.24) is 31.5 Å². The number of aliphatic carboxylic acids is 1. The van der Waals surface area contributed by atoms with Crippen molar-refractivity contribution < 1.29 is 37.5 Å². The van der Waals surface area contributed by atoms with E-state index < -0.39 is 17.5 Å². The molecule has 12 aromatic rings. The number of fused-ring (bicyclic) bond motifs is 9. The van der Waals surface area contributed by atoms with Crippen LogP contribution < -0.4 is 6.15 Å². The molecule has 9 aromatic carbocycles. The summed E-state index contributed by atoms with van der Waals surface area (Å²) in [7, 11) is 0. The maximum atomic E-state index is 12.1. The van der Waals surface area contributed by atoms with Crippen LogP contribution in [0.15, 0.2) is 201 Å². The average Bonchev–Trinajstić information content (AvgIpc) is 1.76. The highest BCUT2D eigenvalue weighted by Crippen LogP contribution is 2.41. The lowest BCUT2D eigenvalue weighted by atomic mass is 9.84. The van der Waals surface area contributed by atoms with Gasteiger partial charge in [0.05, 0.1) is 0 Å². The van der Waals surface area contributed by atoms with E-state index in [4.69, 9.17) is 28.1 Å². The van der Waals surface area contributed by atoms with E-state index in [1.807, 2.05) is 72.8 Å². The number of benzene rings is 9. The number of hydrogen-bond donors (Lipinski definition) is 2. The molecule has 0 amide bonds. The minimum atomic E-state index is -0.833. The second-order valence-electron chi connectivity index (χ2n) is 21.9. The van der Waals surface area contributed by atoms with Gasteiger partial charge in [-0.2, -0.15) is 0 Å². The molecule has 87 heavy (non-hydrogen) atoms. The van der Waals surface area contributed by atoms with E-state index >= 15 is 0 Å². The second kappa shape index (κ2) is 26.7. The monoisotopic (exact) mass is 1410 g/mol. The van der Waals surface area contributed by atoms with E-state index in [2.05, 4.69) is 186 Å². The first-order chi connectivity index (χ1) is 40.5. The molecule has 0 saturated heterocycles. The van der Waals surface area contributed by atoms with Gasteiger partial charge in [-0.15, -0.1) is 20.4 Å². The quantitative estimate of drug-likeness (QED) is 0.0897. The normalized spacial score (nSPS) is 11.6. The Bertz CT molecular complexity index is 4380. The van der Waals surface area contributed by atoms with Crippen LogP contribution in [-0.4, -0.2) is 54.3 Å². The number of Topliss-reactive ketones (excluding diaryl/α,β-unsaturated/α-hetero) is 2. The van der Waals surface area contributed by atoms with Crippen LogP contribution in [0.5, 0.6) is 0 Å². The SMILES string of the molecule is C.CC(=O)O.CC(C)(C)c1ccc(-c2nnc(-c3ccc(-c4nc5c6cc(Br)ccc6c6ccc(Br)cc6c5o4)cc3)o2)cc1.CC(C)(C)c1ccc(-c2nnc(-c3ccc(C=O)cc3)o2)cc1.N.O=C1C(=O)c2cc(Br)ccc2-c2ccc(Br)cc21. The van der Waals surface area contributed by atoms with E-state index in [1.54, 1.807) is 36.4 Å². The highest BCUT2D eigenvalue weighted by molar-refractivity contribution is 9.11. The molecule has 4 N–H and O–H groups in total. The van der Waals surface area contributed by atoms with E-state index in [-0.39, 0.29) is 24.4 Å². The number of carbonyl (C=O) groups excluding carboxylic acids is 3. The van der Waals surface area contributed by atoms with Crippen molar-refractivity contribution in [2.75, 3.05) is 0 Å². The lowest BCUT2D eigenvalue weighted by Gasteiger charge is -2.18. The Morgan fingerprint density at radius 2 is 0.759 bits per heavy atom. The first kappa shape index (κ1) is 64.6. The van der Waals surface area contributed by atoms with Gasteiger partial charge in [0.2, 0.25) is 41.0 Å². The van der Waals surface area contributed by atoms with Crippen LogP contribution in [0.3, 0.4) is 0 Å². The first-order valence-corrected chi connectivity index (χ1v) is 29.7. The van der Waals surface area contributed by atoms with Gasteiger partial charge >= 0.3 is 0 Å². The third kappa shape index (κ3) is 14.4. The van der Waals surface area contributed by atoms with Gasteiger partial charge in [0.15, 0.2) is 5.58 Å². The third-order valence-electron chi connectivity index (χ3n) is 13.8. The van der Waals surface area contributed by atoms with E-state index in [1.165, 1.54) is 11.1 Å². The van der Waals surface area contributed by atoms with Crippen LogP contribution in [0.2, 0.25) is 0 Å². The molecular weight excluding hydrogens is 1360 g/mol. The molecule has 440 valence electrons. The fourth-order valence-corrected chi connectivity index (χ4v) is 10.9. The number of aldehydes is 1. The predicted molar refractivity (Wildman–Crippen MR) is 358 cm³/mol.